The molecule has 0 bridgehead atoms. The Morgan fingerprint density at radius 1 is 1.18 bits per heavy atom. The number of urea groups is 1. The monoisotopic (exact) mass is 451 g/mol. The summed E-state index contributed by atoms with van der Waals surface area (Å²) in [6.07, 6.45) is 5.89. The average molecular weight is 452 g/mol. The first-order valence-electron chi connectivity index (χ1n) is 11.3. The number of hydrogen-bond donors (Lipinski definition) is 2. The molecule has 0 spiro atoms. The molecule has 5 heterocycles. The van der Waals surface area contributed by atoms with E-state index in [2.05, 4.69) is 53.2 Å². The Balaban J connectivity index is 1.41. The summed E-state index contributed by atoms with van der Waals surface area (Å²) in [5, 5.41) is 6.53. The molecule has 0 aromatic carbocycles. The fourth-order valence-corrected chi connectivity index (χ4v) is 5.38. The standard InChI is InChI=1S/C24H30FN7O/c1-15-11-30-12-16(10-18(25)21(30)27-15)28-22(33)32-9-7-17-19(6-8-26-20(17)32)31-13-23(2,3)29-24(4,5)14-31/h6,8,10-12,29H,7,9,13-14H2,1-5H3,(H,28,33). The molecule has 5 rings (SSSR count). The lowest BCUT2D eigenvalue weighted by Crippen LogP contribution is -2.67. The molecule has 1 saturated heterocycles. The molecule has 0 atom stereocenters. The van der Waals surface area contributed by atoms with Gasteiger partial charge in [0.1, 0.15) is 5.82 Å². The van der Waals surface area contributed by atoms with Crippen molar-refractivity contribution >= 4 is 28.9 Å². The number of hydrogen-bond acceptors (Lipinski definition) is 5. The minimum atomic E-state index is -0.480. The zero-order chi connectivity index (χ0) is 23.5. The number of carbonyl (C=O) groups excluding carboxylic acids is 1. The molecule has 174 valence electrons. The molecule has 2 N–H and O–H groups in total. The Morgan fingerprint density at radius 3 is 2.64 bits per heavy atom. The Morgan fingerprint density at radius 2 is 1.91 bits per heavy atom. The van der Waals surface area contributed by atoms with Crippen molar-refractivity contribution in [1.82, 2.24) is 19.7 Å². The number of nitrogens with zero attached hydrogens (tertiary/aromatic N) is 5. The number of piperazine rings is 1. The third-order valence-corrected chi connectivity index (χ3v) is 6.16. The van der Waals surface area contributed by atoms with E-state index >= 15 is 0 Å². The quantitative estimate of drug-likeness (QED) is 0.621. The van der Waals surface area contributed by atoms with Gasteiger partial charge in [0.2, 0.25) is 0 Å². The van der Waals surface area contributed by atoms with Crippen molar-refractivity contribution in [3.05, 3.63) is 47.8 Å². The molecule has 33 heavy (non-hydrogen) atoms. The Labute approximate surface area is 192 Å². The highest BCUT2D eigenvalue weighted by molar-refractivity contribution is 6.03. The van der Waals surface area contributed by atoms with Gasteiger partial charge in [0.05, 0.1) is 11.4 Å². The first-order chi connectivity index (χ1) is 15.5. The molecular formula is C24H30FN7O. The molecule has 2 amide bonds. The second-order valence-electron chi connectivity index (χ2n) is 10.4. The van der Waals surface area contributed by atoms with Crippen LogP contribution in [0.15, 0.2) is 30.7 Å². The second-order valence-corrected chi connectivity index (χ2v) is 10.4. The molecule has 8 nitrogen and oxygen atoms in total. The van der Waals surface area contributed by atoms with E-state index in [9.17, 15) is 9.18 Å². The van der Waals surface area contributed by atoms with Crippen LogP contribution in [-0.2, 0) is 6.42 Å². The fraction of sp³-hybridized carbons (Fsp3) is 0.458. The van der Waals surface area contributed by atoms with E-state index in [1.54, 1.807) is 34.8 Å². The van der Waals surface area contributed by atoms with E-state index in [-0.39, 0.29) is 22.8 Å². The first kappa shape index (κ1) is 21.6. The number of imidazole rings is 1. The van der Waals surface area contributed by atoms with Crippen LogP contribution in [0.3, 0.4) is 0 Å². The average Bonchev–Trinajstić information content (AvgIpc) is 3.28. The molecule has 2 aliphatic heterocycles. The highest BCUT2D eigenvalue weighted by atomic mass is 19.1. The van der Waals surface area contributed by atoms with Crippen molar-refractivity contribution in [2.75, 3.05) is 34.8 Å². The van der Waals surface area contributed by atoms with Crippen molar-refractivity contribution in [2.24, 2.45) is 0 Å². The Bertz CT molecular complexity index is 1230. The van der Waals surface area contributed by atoms with Crippen LogP contribution in [0.4, 0.5) is 26.4 Å². The maximum Gasteiger partial charge on any atom is 0.327 e. The Kier molecular flexibility index (Phi) is 4.86. The lowest BCUT2D eigenvalue weighted by molar-refractivity contribution is 0.226. The maximum absolute atomic E-state index is 14.4. The lowest BCUT2D eigenvalue weighted by Gasteiger charge is -2.49. The van der Waals surface area contributed by atoms with Gasteiger partial charge in [-0.15, -0.1) is 0 Å². The van der Waals surface area contributed by atoms with Crippen molar-refractivity contribution in [2.45, 2.75) is 52.1 Å². The number of rotatable bonds is 2. The molecule has 9 heteroatoms. The first-order valence-corrected chi connectivity index (χ1v) is 11.3. The summed E-state index contributed by atoms with van der Waals surface area (Å²) < 4.78 is 16.0. The molecule has 0 saturated carbocycles. The van der Waals surface area contributed by atoms with E-state index in [0.717, 1.165) is 30.8 Å². The van der Waals surface area contributed by atoms with Crippen LogP contribution in [0.5, 0.6) is 0 Å². The number of nitrogens with one attached hydrogen (secondary N) is 2. The van der Waals surface area contributed by atoms with Crippen LogP contribution in [-0.4, -0.2) is 51.1 Å². The molecule has 0 unspecified atom stereocenters. The predicted octanol–water partition coefficient (Wildman–Crippen LogP) is 3.74. The van der Waals surface area contributed by atoms with Crippen LogP contribution in [0.1, 0.15) is 39.0 Å². The number of anilines is 3. The predicted molar refractivity (Wildman–Crippen MR) is 128 cm³/mol. The third kappa shape index (κ3) is 4.01. The van der Waals surface area contributed by atoms with Crippen molar-refractivity contribution in [3.63, 3.8) is 0 Å². The van der Waals surface area contributed by atoms with Crippen molar-refractivity contribution < 1.29 is 9.18 Å². The molecular weight excluding hydrogens is 421 g/mol. The number of carbonyl (C=O) groups is 1. The lowest BCUT2D eigenvalue weighted by atomic mass is 9.90. The van der Waals surface area contributed by atoms with Gasteiger partial charge in [0.15, 0.2) is 11.5 Å². The second kappa shape index (κ2) is 7.41. The van der Waals surface area contributed by atoms with Gasteiger partial charge in [-0.3, -0.25) is 4.90 Å². The minimum Gasteiger partial charge on any atom is -0.367 e. The third-order valence-electron chi connectivity index (χ3n) is 6.16. The summed E-state index contributed by atoms with van der Waals surface area (Å²) >= 11 is 0. The topological polar surface area (TPSA) is 77.8 Å². The summed E-state index contributed by atoms with van der Waals surface area (Å²) in [5.41, 5.74) is 3.45. The van der Waals surface area contributed by atoms with Crippen molar-refractivity contribution in [1.29, 1.82) is 0 Å². The molecule has 2 aliphatic rings. The largest absolute Gasteiger partial charge is 0.367 e. The molecule has 0 aliphatic carbocycles. The van der Waals surface area contributed by atoms with Crippen LogP contribution in [0.2, 0.25) is 0 Å². The van der Waals surface area contributed by atoms with Gasteiger partial charge in [0.25, 0.3) is 0 Å². The van der Waals surface area contributed by atoms with Gasteiger partial charge in [-0.25, -0.2) is 19.2 Å². The molecule has 3 aromatic rings. The van der Waals surface area contributed by atoms with E-state index in [4.69, 9.17) is 0 Å². The highest BCUT2D eigenvalue weighted by Crippen LogP contribution is 2.36. The number of halogens is 1. The minimum absolute atomic E-state index is 0.0397. The van der Waals surface area contributed by atoms with Crippen LogP contribution >= 0.6 is 0 Å². The maximum atomic E-state index is 14.4. The number of aromatic nitrogens is 3. The van der Waals surface area contributed by atoms with Gasteiger partial charge in [-0.1, -0.05) is 0 Å². The van der Waals surface area contributed by atoms with E-state index in [1.165, 1.54) is 6.07 Å². The zero-order valence-electron chi connectivity index (χ0n) is 19.7. The van der Waals surface area contributed by atoms with Gasteiger partial charge in [-0.2, -0.15) is 0 Å². The number of aryl methyl sites for hydroxylation is 1. The Hall–Kier alpha value is -3.20. The summed E-state index contributed by atoms with van der Waals surface area (Å²) in [7, 11) is 0. The smallest absolute Gasteiger partial charge is 0.327 e. The van der Waals surface area contributed by atoms with Crippen LogP contribution < -0.4 is 20.4 Å². The number of amides is 2. The normalized spacial score (nSPS) is 19.1. The van der Waals surface area contributed by atoms with E-state index in [0.29, 0.717) is 23.7 Å². The van der Waals surface area contributed by atoms with Gasteiger partial charge in [-0.05, 0) is 47.1 Å². The number of pyridine rings is 2. The van der Waals surface area contributed by atoms with Gasteiger partial charge < -0.3 is 19.9 Å². The molecule has 0 radical (unpaired) electrons. The van der Waals surface area contributed by atoms with Crippen LogP contribution in [0, 0.1) is 12.7 Å². The molecule has 3 aromatic heterocycles. The summed E-state index contributed by atoms with van der Waals surface area (Å²) in [5.74, 6) is 0.186. The van der Waals surface area contributed by atoms with Gasteiger partial charge in [0, 0.05) is 66.6 Å². The summed E-state index contributed by atoms with van der Waals surface area (Å²) in [4.78, 5) is 25.9. The highest BCUT2D eigenvalue weighted by Gasteiger charge is 2.38. The zero-order valence-corrected chi connectivity index (χ0v) is 19.7. The van der Waals surface area contributed by atoms with Crippen LogP contribution in [0.25, 0.3) is 5.65 Å². The summed E-state index contributed by atoms with van der Waals surface area (Å²) in [6.45, 7) is 12.9. The fourth-order valence-electron chi connectivity index (χ4n) is 5.38. The van der Waals surface area contributed by atoms with E-state index in [1.807, 2.05) is 6.07 Å². The SMILES string of the molecule is Cc1cn2cc(NC(=O)N3CCc4c(N5CC(C)(C)NC(C)(C)C5)ccnc43)cc(F)c2n1. The van der Waals surface area contributed by atoms with Gasteiger partial charge >= 0.3 is 6.03 Å². The summed E-state index contributed by atoms with van der Waals surface area (Å²) in [6, 6.07) is 3.02. The van der Waals surface area contributed by atoms with Crippen molar-refractivity contribution in [3.8, 4) is 0 Å². The number of fused-ring (bicyclic) bond motifs is 2. The van der Waals surface area contributed by atoms with E-state index < -0.39 is 5.82 Å². The molecule has 1 fully saturated rings.